The minimum absolute atomic E-state index is 0.147. The average molecular weight is 235 g/mol. The third kappa shape index (κ3) is 1.86. The second kappa shape index (κ2) is 4.22. The molecule has 1 aromatic carbocycles. The summed E-state index contributed by atoms with van der Waals surface area (Å²) in [6.07, 6.45) is 3.95. The van der Waals surface area contributed by atoms with Gasteiger partial charge < -0.3 is 0 Å². The van der Waals surface area contributed by atoms with E-state index in [1.165, 1.54) is 5.56 Å². The minimum Gasteiger partial charge on any atom is -0.294 e. The molecule has 2 nitrogen and oxygen atoms in total. The molecule has 2 aromatic rings. The fourth-order valence-corrected chi connectivity index (χ4v) is 2.34. The molecular weight excluding hydrogens is 222 g/mol. The smallest absolute Gasteiger partial charge is 0.160 e. The van der Waals surface area contributed by atoms with Crippen molar-refractivity contribution in [2.75, 3.05) is 0 Å². The summed E-state index contributed by atoms with van der Waals surface area (Å²) < 4.78 is 0. The number of allylic oxidation sites excluding steroid dienone is 1. The van der Waals surface area contributed by atoms with Crippen molar-refractivity contribution in [2.45, 2.75) is 13.3 Å². The van der Waals surface area contributed by atoms with Crippen LogP contribution in [0.1, 0.15) is 22.4 Å². The van der Waals surface area contributed by atoms with Crippen molar-refractivity contribution in [1.29, 1.82) is 0 Å². The molecule has 0 bridgehead atoms. The fraction of sp³-hybridized carbons (Fsp3) is 0.125. The number of pyridine rings is 1. The van der Waals surface area contributed by atoms with E-state index in [1.54, 1.807) is 12.3 Å². The molecule has 1 aromatic heterocycles. The van der Waals surface area contributed by atoms with Crippen LogP contribution in [0, 0.1) is 6.92 Å². The van der Waals surface area contributed by atoms with E-state index in [2.05, 4.69) is 23.2 Å². The Morgan fingerprint density at radius 3 is 2.83 bits per heavy atom. The van der Waals surface area contributed by atoms with Crippen molar-refractivity contribution >= 4 is 11.4 Å². The summed E-state index contributed by atoms with van der Waals surface area (Å²) in [5, 5.41) is 0. The Morgan fingerprint density at radius 2 is 2.06 bits per heavy atom. The lowest BCUT2D eigenvalue weighted by molar-refractivity contribution is -0.114. The average Bonchev–Trinajstić information content (AvgIpc) is 2.38. The number of ketones is 1. The van der Waals surface area contributed by atoms with Gasteiger partial charge in [-0.3, -0.25) is 9.78 Å². The molecule has 0 saturated heterocycles. The Morgan fingerprint density at radius 1 is 1.17 bits per heavy atom. The molecule has 0 saturated carbocycles. The van der Waals surface area contributed by atoms with Gasteiger partial charge in [0.1, 0.15) is 0 Å². The van der Waals surface area contributed by atoms with Gasteiger partial charge in [0.15, 0.2) is 5.78 Å². The van der Waals surface area contributed by atoms with Crippen LogP contribution < -0.4 is 0 Å². The molecule has 1 aliphatic rings. The van der Waals surface area contributed by atoms with Crippen molar-refractivity contribution < 1.29 is 4.79 Å². The fourth-order valence-electron chi connectivity index (χ4n) is 2.34. The van der Waals surface area contributed by atoms with Crippen LogP contribution >= 0.6 is 0 Å². The van der Waals surface area contributed by atoms with E-state index in [9.17, 15) is 4.79 Å². The quantitative estimate of drug-likeness (QED) is 0.760. The number of fused-ring (bicyclic) bond motifs is 1. The predicted molar refractivity (Wildman–Crippen MR) is 71.2 cm³/mol. The molecule has 0 N–H and O–H groups in total. The molecule has 3 rings (SSSR count). The zero-order chi connectivity index (χ0) is 12.5. The number of carbonyl (C=O) groups is 1. The molecule has 0 spiro atoms. The lowest BCUT2D eigenvalue weighted by Gasteiger charge is -2.17. The van der Waals surface area contributed by atoms with Gasteiger partial charge in [-0.15, -0.1) is 0 Å². The minimum atomic E-state index is 0.147. The van der Waals surface area contributed by atoms with E-state index < -0.39 is 0 Å². The summed E-state index contributed by atoms with van der Waals surface area (Å²) in [4.78, 5) is 16.2. The van der Waals surface area contributed by atoms with Crippen LogP contribution in [0.3, 0.4) is 0 Å². The third-order valence-electron chi connectivity index (χ3n) is 3.16. The highest BCUT2D eigenvalue weighted by atomic mass is 16.1. The van der Waals surface area contributed by atoms with Crippen LogP contribution in [0.15, 0.2) is 48.7 Å². The summed E-state index contributed by atoms with van der Waals surface area (Å²) in [7, 11) is 0. The number of carbonyl (C=O) groups excluding carboxylic acids is 1. The monoisotopic (exact) mass is 235 g/mol. The second-order valence-corrected chi connectivity index (χ2v) is 4.58. The van der Waals surface area contributed by atoms with Crippen LogP contribution in [0.4, 0.5) is 0 Å². The van der Waals surface area contributed by atoms with Crippen LogP contribution in [0.2, 0.25) is 0 Å². The van der Waals surface area contributed by atoms with Crippen LogP contribution in [0.5, 0.6) is 0 Å². The van der Waals surface area contributed by atoms with E-state index >= 15 is 0 Å². The van der Waals surface area contributed by atoms with Gasteiger partial charge in [0.25, 0.3) is 0 Å². The molecule has 88 valence electrons. The number of aryl methyl sites for hydroxylation is 1. The number of benzene rings is 1. The normalized spacial score (nSPS) is 14.1. The number of hydrogen-bond acceptors (Lipinski definition) is 2. The summed E-state index contributed by atoms with van der Waals surface area (Å²) in [5.41, 5.74) is 5.20. The van der Waals surface area contributed by atoms with E-state index in [1.807, 2.05) is 25.1 Å². The molecule has 1 heterocycles. The summed E-state index contributed by atoms with van der Waals surface area (Å²) >= 11 is 0. The summed E-state index contributed by atoms with van der Waals surface area (Å²) in [6, 6.07) is 12.0. The molecule has 2 heteroatoms. The molecule has 18 heavy (non-hydrogen) atoms. The van der Waals surface area contributed by atoms with E-state index in [-0.39, 0.29) is 5.78 Å². The van der Waals surface area contributed by atoms with Gasteiger partial charge in [0, 0.05) is 18.2 Å². The van der Waals surface area contributed by atoms with Gasteiger partial charge in [-0.1, -0.05) is 29.8 Å². The first-order valence-corrected chi connectivity index (χ1v) is 6.00. The van der Waals surface area contributed by atoms with Crippen molar-refractivity contribution in [3.63, 3.8) is 0 Å². The van der Waals surface area contributed by atoms with Gasteiger partial charge in [0.05, 0.1) is 5.69 Å². The third-order valence-corrected chi connectivity index (χ3v) is 3.16. The Bertz CT molecular complexity index is 641. The highest BCUT2D eigenvalue weighted by Crippen LogP contribution is 2.29. The van der Waals surface area contributed by atoms with Gasteiger partial charge in [0.2, 0.25) is 0 Å². The topological polar surface area (TPSA) is 30.0 Å². The van der Waals surface area contributed by atoms with Gasteiger partial charge >= 0.3 is 0 Å². The van der Waals surface area contributed by atoms with Gasteiger partial charge in [-0.2, -0.15) is 0 Å². The van der Waals surface area contributed by atoms with Gasteiger partial charge in [-0.05, 0) is 36.3 Å². The molecule has 1 aliphatic carbocycles. The molecule has 0 atom stereocenters. The zero-order valence-electron chi connectivity index (χ0n) is 10.2. The molecule has 0 fully saturated rings. The number of aromatic nitrogens is 1. The standard InChI is InChI=1S/C16H13NO/c1-11-5-6-14-12(8-11)9-13(18)10-15(14)16-4-2-3-7-17-16/h2-8,10H,9H2,1H3. The largest absolute Gasteiger partial charge is 0.294 e. The molecule has 0 unspecified atom stereocenters. The number of nitrogens with zero attached hydrogens (tertiary/aromatic N) is 1. The van der Waals surface area contributed by atoms with Crippen LogP contribution in [-0.4, -0.2) is 10.8 Å². The highest BCUT2D eigenvalue weighted by Gasteiger charge is 2.19. The lowest BCUT2D eigenvalue weighted by Crippen LogP contribution is -2.10. The molecule has 0 aliphatic heterocycles. The van der Waals surface area contributed by atoms with Crippen LogP contribution in [0.25, 0.3) is 5.57 Å². The summed E-state index contributed by atoms with van der Waals surface area (Å²) in [6.45, 7) is 2.05. The van der Waals surface area contributed by atoms with E-state index in [4.69, 9.17) is 0 Å². The highest BCUT2D eigenvalue weighted by molar-refractivity contribution is 6.04. The second-order valence-electron chi connectivity index (χ2n) is 4.58. The Balaban J connectivity index is 2.19. The maximum Gasteiger partial charge on any atom is 0.160 e. The zero-order valence-corrected chi connectivity index (χ0v) is 10.2. The first-order valence-electron chi connectivity index (χ1n) is 6.00. The lowest BCUT2D eigenvalue weighted by atomic mass is 9.87. The maximum absolute atomic E-state index is 11.8. The SMILES string of the molecule is Cc1ccc2c(c1)CC(=O)C=C2c1ccccn1. The van der Waals surface area contributed by atoms with Crippen molar-refractivity contribution in [3.05, 3.63) is 71.1 Å². The van der Waals surface area contributed by atoms with Gasteiger partial charge in [-0.25, -0.2) is 0 Å². The predicted octanol–water partition coefficient (Wildman–Crippen LogP) is 2.95. The summed E-state index contributed by atoms with van der Waals surface area (Å²) in [5.74, 6) is 0.147. The first kappa shape index (κ1) is 10.9. The van der Waals surface area contributed by atoms with Crippen LogP contribution in [-0.2, 0) is 11.2 Å². The number of rotatable bonds is 1. The van der Waals surface area contributed by atoms with Crippen molar-refractivity contribution in [2.24, 2.45) is 0 Å². The Labute approximate surface area is 106 Å². The van der Waals surface area contributed by atoms with Crippen molar-refractivity contribution in [1.82, 2.24) is 4.98 Å². The molecular formula is C16H13NO. The Hall–Kier alpha value is -2.22. The molecule has 0 amide bonds. The Kier molecular flexibility index (Phi) is 2.56. The van der Waals surface area contributed by atoms with E-state index in [0.29, 0.717) is 6.42 Å². The first-order chi connectivity index (χ1) is 8.74. The number of hydrogen-bond donors (Lipinski definition) is 0. The van der Waals surface area contributed by atoms with E-state index in [0.717, 1.165) is 22.4 Å². The van der Waals surface area contributed by atoms with Crippen molar-refractivity contribution in [3.8, 4) is 0 Å². The molecule has 0 radical (unpaired) electrons. The maximum atomic E-state index is 11.8.